The number of nitriles is 1. The van der Waals surface area contributed by atoms with E-state index in [1.54, 1.807) is 18.2 Å². The van der Waals surface area contributed by atoms with Gasteiger partial charge in [-0.1, -0.05) is 30.3 Å². The molecule has 1 aromatic carbocycles. The molecule has 66 valence electrons. The predicted octanol–water partition coefficient (Wildman–Crippen LogP) is 0.0402. The third kappa shape index (κ3) is 1.90. The first-order chi connectivity index (χ1) is 6.08. The minimum atomic E-state index is -2.43. The Labute approximate surface area is 75.2 Å². The standard InChI is InChI=1S/C9H8N2O2/c10-6-9(11,13)8(12)7-4-2-1-3-5-7/h1-5,13H,11H2. The van der Waals surface area contributed by atoms with Crippen molar-refractivity contribution in [3.8, 4) is 6.07 Å². The van der Waals surface area contributed by atoms with Gasteiger partial charge in [-0.3, -0.25) is 10.5 Å². The van der Waals surface area contributed by atoms with Gasteiger partial charge >= 0.3 is 0 Å². The van der Waals surface area contributed by atoms with Crippen LogP contribution in [0.15, 0.2) is 30.3 Å². The van der Waals surface area contributed by atoms with Gasteiger partial charge in [-0.05, 0) is 0 Å². The van der Waals surface area contributed by atoms with E-state index in [1.807, 2.05) is 0 Å². The highest BCUT2D eigenvalue weighted by molar-refractivity contribution is 6.03. The third-order valence-corrected chi connectivity index (χ3v) is 1.55. The van der Waals surface area contributed by atoms with E-state index in [-0.39, 0.29) is 5.56 Å². The zero-order chi connectivity index (χ0) is 9.90. The van der Waals surface area contributed by atoms with E-state index >= 15 is 0 Å². The number of rotatable bonds is 2. The van der Waals surface area contributed by atoms with Crippen molar-refractivity contribution < 1.29 is 9.90 Å². The van der Waals surface area contributed by atoms with E-state index in [4.69, 9.17) is 16.1 Å². The molecule has 0 aliphatic heterocycles. The Morgan fingerprint density at radius 2 is 2.00 bits per heavy atom. The second kappa shape index (κ2) is 3.35. The van der Waals surface area contributed by atoms with E-state index in [1.165, 1.54) is 18.2 Å². The molecule has 13 heavy (non-hydrogen) atoms. The maximum absolute atomic E-state index is 11.3. The summed E-state index contributed by atoms with van der Waals surface area (Å²) in [5.41, 5.74) is 2.82. The average Bonchev–Trinajstić information content (AvgIpc) is 2.18. The molecule has 4 heteroatoms. The Kier molecular flexibility index (Phi) is 2.42. The molecule has 0 saturated heterocycles. The first-order valence-corrected chi connectivity index (χ1v) is 3.60. The zero-order valence-corrected chi connectivity index (χ0v) is 6.77. The van der Waals surface area contributed by atoms with E-state index in [0.717, 1.165) is 0 Å². The van der Waals surface area contributed by atoms with Crippen LogP contribution >= 0.6 is 0 Å². The van der Waals surface area contributed by atoms with Crippen molar-refractivity contribution >= 4 is 5.78 Å². The molecule has 3 N–H and O–H groups in total. The summed E-state index contributed by atoms with van der Waals surface area (Å²) in [6.45, 7) is 0. The van der Waals surface area contributed by atoms with Crippen molar-refractivity contribution in [2.45, 2.75) is 5.72 Å². The number of aliphatic hydroxyl groups is 1. The molecule has 0 aliphatic rings. The Hall–Kier alpha value is -1.70. The largest absolute Gasteiger partial charge is 0.358 e. The van der Waals surface area contributed by atoms with Crippen molar-refractivity contribution in [2.24, 2.45) is 5.73 Å². The van der Waals surface area contributed by atoms with Crippen LogP contribution in [0.5, 0.6) is 0 Å². The maximum Gasteiger partial charge on any atom is 0.268 e. The summed E-state index contributed by atoms with van der Waals surface area (Å²) in [5, 5.41) is 17.5. The molecule has 0 radical (unpaired) electrons. The highest BCUT2D eigenvalue weighted by Gasteiger charge is 2.31. The van der Waals surface area contributed by atoms with Gasteiger partial charge < -0.3 is 5.11 Å². The number of hydrogen-bond donors (Lipinski definition) is 2. The van der Waals surface area contributed by atoms with Gasteiger partial charge in [-0.2, -0.15) is 5.26 Å². The number of Topliss-reactive ketones (excluding diaryl/α,β-unsaturated/α-hetero) is 1. The number of nitrogens with two attached hydrogens (primary N) is 1. The van der Waals surface area contributed by atoms with Crippen molar-refractivity contribution in [2.75, 3.05) is 0 Å². The fourth-order valence-corrected chi connectivity index (χ4v) is 0.860. The van der Waals surface area contributed by atoms with Gasteiger partial charge in [0.2, 0.25) is 5.78 Å². The second-order valence-corrected chi connectivity index (χ2v) is 2.57. The van der Waals surface area contributed by atoms with Gasteiger partial charge in [-0.15, -0.1) is 0 Å². The molecule has 4 nitrogen and oxygen atoms in total. The lowest BCUT2D eigenvalue weighted by molar-refractivity contribution is 0.0577. The third-order valence-electron chi connectivity index (χ3n) is 1.55. The van der Waals surface area contributed by atoms with Crippen LogP contribution in [-0.2, 0) is 0 Å². The molecule has 1 unspecified atom stereocenters. The lowest BCUT2D eigenvalue weighted by Crippen LogP contribution is -2.46. The Balaban J connectivity index is 3.01. The van der Waals surface area contributed by atoms with E-state index in [2.05, 4.69) is 0 Å². The summed E-state index contributed by atoms with van der Waals surface area (Å²) >= 11 is 0. The quantitative estimate of drug-likeness (QED) is 0.378. The van der Waals surface area contributed by atoms with Crippen molar-refractivity contribution in [3.63, 3.8) is 0 Å². The van der Waals surface area contributed by atoms with Crippen LogP contribution in [0.25, 0.3) is 0 Å². The van der Waals surface area contributed by atoms with Crippen LogP contribution in [0.3, 0.4) is 0 Å². The molecule has 0 fully saturated rings. The molecule has 0 heterocycles. The number of carbonyl (C=O) groups is 1. The lowest BCUT2D eigenvalue weighted by Gasteiger charge is -2.11. The topological polar surface area (TPSA) is 87.1 Å². The molecular formula is C9H8N2O2. The summed E-state index contributed by atoms with van der Waals surface area (Å²) in [6.07, 6.45) is 0. The molecule has 1 atom stereocenters. The summed E-state index contributed by atoms with van der Waals surface area (Å²) < 4.78 is 0. The predicted molar refractivity (Wildman–Crippen MR) is 45.5 cm³/mol. The summed E-state index contributed by atoms with van der Waals surface area (Å²) in [5.74, 6) is -0.796. The summed E-state index contributed by atoms with van der Waals surface area (Å²) in [6, 6.07) is 9.26. The normalized spacial score (nSPS) is 14.2. The molecule has 1 rings (SSSR count). The monoisotopic (exact) mass is 176 g/mol. The van der Waals surface area contributed by atoms with Crippen LogP contribution in [0.1, 0.15) is 10.4 Å². The van der Waals surface area contributed by atoms with Crippen LogP contribution in [0, 0.1) is 11.3 Å². The Bertz CT molecular complexity index is 352. The van der Waals surface area contributed by atoms with Crippen LogP contribution in [0.4, 0.5) is 0 Å². The fraction of sp³-hybridized carbons (Fsp3) is 0.111. The van der Waals surface area contributed by atoms with Crippen molar-refractivity contribution in [1.82, 2.24) is 0 Å². The summed E-state index contributed by atoms with van der Waals surface area (Å²) in [7, 11) is 0. The molecule has 0 amide bonds. The van der Waals surface area contributed by atoms with Gasteiger partial charge in [0.15, 0.2) is 0 Å². The van der Waals surface area contributed by atoms with E-state index < -0.39 is 11.5 Å². The Morgan fingerprint density at radius 3 is 2.46 bits per heavy atom. The van der Waals surface area contributed by atoms with Gasteiger partial charge in [-0.25, -0.2) is 0 Å². The molecule has 0 spiro atoms. The molecular weight excluding hydrogens is 168 g/mol. The first-order valence-electron chi connectivity index (χ1n) is 3.60. The maximum atomic E-state index is 11.3. The fourth-order valence-electron chi connectivity index (χ4n) is 0.860. The van der Waals surface area contributed by atoms with Crippen molar-refractivity contribution in [1.29, 1.82) is 5.26 Å². The van der Waals surface area contributed by atoms with Crippen LogP contribution in [-0.4, -0.2) is 16.6 Å². The average molecular weight is 176 g/mol. The first kappa shape index (κ1) is 9.39. The highest BCUT2D eigenvalue weighted by Crippen LogP contribution is 2.07. The van der Waals surface area contributed by atoms with Gasteiger partial charge in [0.1, 0.15) is 6.07 Å². The summed E-state index contributed by atoms with van der Waals surface area (Å²) in [4.78, 5) is 11.3. The van der Waals surface area contributed by atoms with Gasteiger partial charge in [0.05, 0.1) is 0 Å². The molecule has 0 saturated carbocycles. The van der Waals surface area contributed by atoms with Crippen LogP contribution < -0.4 is 5.73 Å². The molecule has 1 aromatic rings. The zero-order valence-electron chi connectivity index (χ0n) is 6.77. The second-order valence-electron chi connectivity index (χ2n) is 2.57. The van der Waals surface area contributed by atoms with E-state index in [0.29, 0.717) is 0 Å². The number of ketones is 1. The van der Waals surface area contributed by atoms with Gasteiger partial charge in [0.25, 0.3) is 5.72 Å². The SMILES string of the molecule is N#CC(N)(O)C(=O)c1ccccc1. The highest BCUT2D eigenvalue weighted by atomic mass is 16.3. The number of hydrogen-bond acceptors (Lipinski definition) is 4. The lowest BCUT2D eigenvalue weighted by atomic mass is 10.0. The van der Waals surface area contributed by atoms with Crippen molar-refractivity contribution in [3.05, 3.63) is 35.9 Å². The number of carbonyl (C=O) groups excluding carboxylic acids is 1. The number of benzene rings is 1. The van der Waals surface area contributed by atoms with Crippen LogP contribution in [0.2, 0.25) is 0 Å². The minimum Gasteiger partial charge on any atom is -0.358 e. The molecule has 0 aromatic heterocycles. The number of nitrogens with zero attached hydrogens (tertiary/aromatic N) is 1. The van der Waals surface area contributed by atoms with E-state index in [9.17, 15) is 4.79 Å². The Morgan fingerprint density at radius 1 is 1.46 bits per heavy atom. The van der Waals surface area contributed by atoms with Gasteiger partial charge in [0, 0.05) is 5.56 Å². The minimum absolute atomic E-state index is 0.217. The molecule has 0 aliphatic carbocycles. The molecule has 0 bridgehead atoms. The smallest absolute Gasteiger partial charge is 0.268 e.